The highest BCUT2D eigenvalue weighted by Gasteiger charge is 2.15. The van der Waals surface area contributed by atoms with Gasteiger partial charge in [-0.25, -0.2) is 9.37 Å². The van der Waals surface area contributed by atoms with Crippen LogP contribution in [0.3, 0.4) is 0 Å². The van der Waals surface area contributed by atoms with Crippen LogP contribution in [0.2, 0.25) is 0 Å². The highest BCUT2D eigenvalue weighted by atomic mass is 32.2. The van der Waals surface area contributed by atoms with E-state index in [2.05, 4.69) is 4.98 Å². The van der Waals surface area contributed by atoms with E-state index in [0.29, 0.717) is 0 Å². The number of thioether (sulfide) groups is 1. The fourth-order valence-corrected chi connectivity index (χ4v) is 3.18. The zero-order valence-electron chi connectivity index (χ0n) is 11.3. The number of halogens is 1. The van der Waals surface area contributed by atoms with E-state index in [0.717, 1.165) is 21.2 Å². The molecule has 112 valence electrons. The zero-order chi connectivity index (χ0) is 15.7. The third-order valence-electron chi connectivity index (χ3n) is 2.93. The number of nitro groups is 1. The molecule has 2 heterocycles. The number of pyridine rings is 1. The topological polar surface area (TPSA) is 65.3 Å². The summed E-state index contributed by atoms with van der Waals surface area (Å²) in [5, 5.41) is 14.1. The first-order valence-electron chi connectivity index (χ1n) is 6.12. The standard InChI is InChI=1S/C14H9FN2O3S2/c1-21-13-7-12-9(4-5-22-12)14(16-13)20-11-3-2-8(17(18)19)6-10(11)15/h2-7H,1H3. The van der Waals surface area contributed by atoms with Gasteiger partial charge in [0, 0.05) is 10.8 Å². The summed E-state index contributed by atoms with van der Waals surface area (Å²) in [5.41, 5.74) is -0.323. The Labute approximate surface area is 132 Å². The Kier molecular flexibility index (Phi) is 3.95. The van der Waals surface area contributed by atoms with Gasteiger partial charge < -0.3 is 4.74 Å². The Hall–Kier alpha value is -2.19. The summed E-state index contributed by atoms with van der Waals surface area (Å²) in [7, 11) is 0. The largest absolute Gasteiger partial charge is 0.435 e. The molecule has 0 N–H and O–H groups in total. The molecule has 0 bridgehead atoms. The Balaban J connectivity index is 2.02. The van der Waals surface area contributed by atoms with Crippen LogP contribution in [-0.4, -0.2) is 16.2 Å². The van der Waals surface area contributed by atoms with Crippen molar-refractivity contribution in [1.82, 2.24) is 4.98 Å². The second kappa shape index (κ2) is 5.90. The quantitative estimate of drug-likeness (QED) is 0.387. The molecule has 0 atom stereocenters. The average Bonchev–Trinajstić information content (AvgIpc) is 2.97. The molecular formula is C14H9FN2O3S2. The highest BCUT2D eigenvalue weighted by molar-refractivity contribution is 7.98. The van der Waals surface area contributed by atoms with Gasteiger partial charge in [-0.15, -0.1) is 23.1 Å². The van der Waals surface area contributed by atoms with Crippen LogP contribution in [0.25, 0.3) is 10.1 Å². The van der Waals surface area contributed by atoms with E-state index in [1.54, 1.807) is 0 Å². The van der Waals surface area contributed by atoms with Crippen LogP contribution in [0.1, 0.15) is 0 Å². The van der Waals surface area contributed by atoms with E-state index in [-0.39, 0.29) is 17.3 Å². The van der Waals surface area contributed by atoms with Gasteiger partial charge in [0.2, 0.25) is 5.88 Å². The molecule has 3 aromatic rings. The van der Waals surface area contributed by atoms with Gasteiger partial charge in [0.1, 0.15) is 5.03 Å². The van der Waals surface area contributed by atoms with Crippen LogP contribution in [-0.2, 0) is 0 Å². The van der Waals surface area contributed by atoms with Crippen LogP contribution in [0.5, 0.6) is 11.6 Å². The third-order valence-corrected chi connectivity index (χ3v) is 4.43. The fourth-order valence-electron chi connectivity index (χ4n) is 1.89. The summed E-state index contributed by atoms with van der Waals surface area (Å²) >= 11 is 2.99. The molecule has 3 rings (SSSR count). The number of non-ortho nitro benzene ring substituents is 1. The van der Waals surface area contributed by atoms with Crippen molar-refractivity contribution >= 4 is 38.9 Å². The van der Waals surface area contributed by atoms with Crippen LogP contribution < -0.4 is 4.74 Å². The first-order chi connectivity index (χ1) is 10.6. The van der Waals surface area contributed by atoms with Crippen molar-refractivity contribution in [2.45, 2.75) is 5.03 Å². The number of hydrogen-bond donors (Lipinski definition) is 0. The number of hydrogen-bond acceptors (Lipinski definition) is 6. The summed E-state index contributed by atoms with van der Waals surface area (Å²) in [5.74, 6) is -0.603. The Morgan fingerprint density at radius 2 is 2.18 bits per heavy atom. The first kappa shape index (κ1) is 14.7. The number of benzene rings is 1. The number of rotatable bonds is 4. The van der Waals surface area contributed by atoms with E-state index in [4.69, 9.17) is 4.74 Å². The maximum absolute atomic E-state index is 13.9. The van der Waals surface area contributed by atoms with Crippen molar-refractivity contribution in [2.24, 2.45) is 0 Å². The van der Waals surface area contributed by atoms with Crippen LogP contribution in [0.15, 0.2) is 40.7 Å². The van der Waals surface area contributed by atoms with Crippen molar-refractivity contribution < 1.29 is 14.1 Å². The zero-order valence-corrected chi connectivity index (χ0v) is 12.9. The van der Waals surface area contributed by atoms with E-state index in [1.807, 2.05) is 23.8 Å². The number of thiophene rings is 1. The molecule has 22 heavy (non-hydrogen) atoms. The summed E-state index contributed by atoms with van der Waals surface area (Å²) in [4.78, 5) is 14.3. The first-order valence-corrected chi connectivity index (χ1v) is 8.23. The van der Waals surface area contributed by atoms with Gasteiger partial charge in [-0.3, -0.25) is 10.1 Å². The minimum Gasteiger partial charge on any atom is -0.435 e. The molecule has 0 unspecified atom stereocenters. The molecule has 0 aliphatic heterocycles. The van der Waals surface area contributed by atoms with E-state index in [1.165, 1.54) is 35.2 Å². The fraction of sp³-hybridized carbons (Fsp3) is 0.0714. The molecular weight excluding hydrogens is 327 g/mol. The number of aromatic nitrogens is 1. The van der Waals surface area contributed by atoms with Gasteiger partial charge in [-0.1, -0.05) is 0 Å². The molecule has 5 nitrogen and oxygen atoms in total. The van der Waals surface area contributed by atoms with E-state index in [9.17, 15) is 14.5 Å². The minimum absolute atomic E-state index is 0.0937. The number of nitrogens with zero attached hydrogens (tertiary/aromatic N) is 2. The third kappa shape index (κ3) is 2.75. The summed E-state index contributed by atoms with van der Waals surface area (Å²) in [6, 6.07) is 7.04. The molecule has 2 aromatic heterocycles. The van der Waals surface area contributed by atoms with Crippen LogP contribution in [0, 0.1) is 15.9 Å². The van der Waals surface area contributed by atoms with Gasteiger partial charge in [0.25, 0.3) is 5.69 Å². The lowest BCUT2D eigenvalue weighted by Crippen LogP contribution is -1.94. The minimum atomic E-state index is -0.797. The molecule has 0 saturated heterocycles. The normalized spacial score (nSPS) is 10.8. The molecule has 0 saturated carbocycles. The molecule has 0 amide bonds. The molecule has 0 spiro atoms. The predicted octanol–water partition coefficient (Wildman–Crippen LogP) is 4.86. The summed E-state index contributed by atoms with van der Waals surface area (Å²) < 4.78 is 20.5. The van der Waals surface area contributed by atoms with Crippen LogP contribution in [0.4, 0.5) is 10.1 Å². The summed E-state index contributed by atoms with van der Waals surface area (Å²) in [6.07, 6.45) is 1.89. The van der Waals surface area contributed by atoms with Crippen molar-refractivity contribution in [1.29, 1.82) is 0 Å². The predicted molar refractivity (Wildman–Crippen MR) is 84.5 cm³/mol. The lowest BCUT2D eigenvalue weighted by molar-refractivity contribution is -0.385. The second-order valence-electron chi connectivity index (χ2n) is 4.28. The average molecular weight is 336 g/mol. The van der Waals surface area contributed by atoms with Gasteiger partial charge in [-0.05, 0) is 29.8 Å². The van der Waals surface area contributed by atoms with E-state index >= 15 is 0 Å². The van der Waals surface area contributed by atoms with Gasteiger partial charge in [-0.2, -0.15) is 0 Å². The SMILES string of the molecule is CSc1cc2sccc2c(Oc2ccc([N+](=O)[O-])cc2F)n1. The van der Waals surface area contributed by atoms with Crippen molar-refractivity contribution in [3.05, 3.63) is 51.6 Å². The summed E-state index contributed by atoms with van der Waals surface area (Å²) in [6.45, 7) is 0. The van der Waals surface area contributed by atoms with Gasteiger partial charge in [0.05, 0.1) is 16.4 Å². The lowest BCUT2D eigenvalue weighted by atomic mass is 10.3. The smallest absolute Gasteiger partial charge is 0.272 e. The second-order valence-corrected chi connectivity index (χ2v) is 6.05. The van der Waals surface area contributed by atoms with Crippen LogP contribution >= 0.6 is 23.1 Å². The Morgan fingerprint density at radius 1 is 1.36 bits per heavy atom. The Bertz CT molecular complexity index is 866. The maximum atomic E-state index is 13.9. The molecule has 0 radical (unpaired) electrons. The molecule has 0 aliphatic rings. The molecule has 0 aliphatic carbocycles. The highest BCUT2D eigenvalue weighted by Crippen LogP contribution is 2.35. The van der Waals surface area contributed by atoms with Crippen molar-refractivity contribution in [3.63, 3.8) is 0 Å². The maximum Gasteiger partial charge on any atom is 0.272 e. The lowest BCUT2D eigenvalue weighted by Gasteiger charge is -2.08. The number of nitro benzene ring substituents is 1. The van der Waals surface area contributed by atoms with Gasteiger partial charge in [0.15, 0.2) is 11.6 Å². The molecule has 1 aromatic carbocycles. The Morgan fingerprint density at radius 3 is 2.86 bits per heavy atom. The van der Waals surface area contributed by atoms with Crippen molar-refractivity contribution in [3.8, 4) is 11.6 Å². The van der Waals surface area contributed by atoms with E-state index < -0.39 is 10.7 Å². The molecule has 8 heteroatoms. The monoisotopic (exact) mass is 336 g/mol. The molecule has 0 fully saturated rings. The number of ether oxygens (including phenoxy) is 1. The van der Waals surface area contributed by atoms with Gasteiger partial charge >= 0.3 is 0 Å². The number of fused-ring (bicyclic) bond motifs is 1. The van der Waals surface area contributed by atoms with Crippen molar-refractivity contribution in [2.75, 3.05) is 6.26 Å².